The smallest absolute Gasteiger partial charge is 0.191 e. The van der Waals surface area contributed by atoms with Gasteiger partial charge in [0.05, 0.1) is 12.1 Å². The third-order valence-corrected chi connectivity index (χ3v) is 4.50. The van der Waals surface area contributed by atoms with E-state index in [1.165, 1.54) is 0 Å². The van der Waals surface area contributed by atoms with Crippen molar-refractivity contribution < 1.29 is 14.6 Å². The molecule has 0 aliphatic carbocycles. The van der Waals surface area contributed by atoms with Crippen LogP contribution < -0.4 is 10.6 Å². The summed E-state index contributed by atoms with van der Waals surface area (Å²) in [5.41, 5.74) is -0.200. The summed E-state index contributed by atoms with van der Waals surface area (Å²) in [6.45, 7) is 8.26. The number of methoxy groups -OCH3 is 1. The molecule has 144 valence electrons. The van der Waals surface area contributed by atoms with Gasteiger partial charge in [-0.2, -0.15) is 0 Å². The Morgan fingerprint density at radius 2 is 1.96 bits per heavy atom. The van der Waals surface area contributed by atoms with Gasteiger partial charge in [0, 0.05) is 52.9 Å². The largest absolute Gasteiger partial charge is 0.396 e. The number of rotatable bonds is 10. The van der Waals surface area contributed by atoms with Crippen LogP contribution in [0.3, 0.4) is 0 Å². The van der Waals surface area contributed by atoms with E-state index in [9.17, 15) is 0 Å². The predicted octanol–water partition coefficient (Wildman–Crippen LogP) is 2.15. The van der Waals surface area contributed by atoms with E-state index < -0.39 is 0 Å². The molecule has 0 aromatic rings. The van der Waals surface area contributed by atoms with Crippen LogP contribution in [0.4, 0.5) is 0 Å². The molecule has 1 heterocycles. The van der Waals surface area contributed by atoms with Gasteiger partial charge in [-0.05, 0) is 25.7 Å². The zero-order valence-electron chi connectivity index (χ0n) is 15.5. The van der Waals surface area contributed by atoms with Gasteiger partial charge in [0.15, 0.2) is 5.96 Å². The molecule has 1 aliphatic heterocycles. The minimum atomic E-state index is -0.200. The van der Waals surface area contributed by atoms with Gasteiger partial charge in [-0.3, -0.25) is 4.99 Å². The van der Waals surface area contributed by atoms with E-state index in [0.29, 0.717) is 12.5 Å². The van der Waals surface area contributed by atoms with Gasteiger partial charge in [0.2, 0.25) is 0 Å². The molecule has 0 bridgehead atoms. The van der Waals surface area contributed by atoms with Crippen LogP contribution in [0.2, 0.25) is 0 Å². The van der Waals surface area contributed by atoms with Crippen molar-refractivity contribution in [1.82, 2.24) is 10.6 Å². The molecule has 0 amide bonds. The van der Waals surface area contributed by atoms with Crippen LogP contribution in [0.15, 0.2) is 4.99 Å². The lowest BCUT2D eigenvalue weighted by atomic mass is 9.94. The average Bonchev–Trinajstić information content (AvgIpc) is 2.58. The summed E-state index contributed by atoms with van der Waals surface area (Å²) in [7, 11) is 1.76. The van der Waals surface area contributed by atoms with Gasteiger partial charge < -0.3 is 25.2 Å². The highest BCUT2D eigenvalue weighted by Crippen LogP contribution is 2.24. The number of aliphatic imine (C=N–C) groups is 1. The Morgan fingerprint density at radius 3 is 2.50 bits per heavy atom. The molecule has 0 radical (unpaired) electrons. The van der Waals surface area contributed by atoms with E-state index in [1.807, 2.05) is 0 Å². The first-order chi connectivity index (χ1) is 11.2. The van der Waals surface area contributed by atoms with Crippen LogP contribution in [0, 0.1) is 5.92 Å². The summed E-state index contributed by atoms with van der Waals surface area (Å²) in [6, 6.07) is 0. The SMILES string of the molecule is CCCC(CCO)CNC(=NCC1(OC)CCOCC1)NCC.I. The van der Waals surface area contributed by atoms with Crippen LogP contribution in [0.1, 0.15) is 46.0 Å². The Kier molecular flexibility index (Phi) is 14.0. The quantitative estimate of drug-likeness (QED) is 0.266. The van der Waals surface area contributed by atoms with Crippen molar-refractivity contribution in [3.63, 3.8) is 0 Å². The number of guanidine groups is 1. The van der Waals surface area contributed by atoms with E-state index in [0.717, 1.165) is 64.4 Å². The zero-order valence-corrected chi connectivity index (χ0v) is 17.8. The highest BCUT2D eigenvalue weighted by molar-refractivity contribution is 14.0. The van der Waals surface area contributed by atoms with E-state index in [1.54, 1.807) is 7.11 Å². The molecule has 1 rings (SSSR count). The molecular weight excluding hydrogens is 421 g/mol. The lowest BCUT2D eigenvalue weighted by molar-refractivity contribution is -0.0828. The summed E-state index contributed by atoms with van der Waals surface area (Å²) in [6.07, 6.45) is 4.85. The summed E-state index contributed by atoms with van der Waals surface area (Å²) < 4.78 is 11.2. The fraction of sp³-hybridized carbons (Fsp3) is 0.941. The van der Waals surface area contributed by atoms with Gasteiger partial charge in [-0.15, -0.1) is 24.0 Å². The standard InChI is InChI=1S/C17H35N3O3.HI/c1-4-6-15(7-10-21)13-19-16(18-5-2)20-14-17(22-3)8-11-23-12-9-17;/h15,21H,4-14H2,1-3H3,(H2,18,19,20);1H. The third-order valence-electron chi connectivity index (χ3n) is 4.50. The molecule has 0 aromatic heterocycles. The number of halogens is 1. The van der Waals surface area contributed by atoms with Crippen LogP contribution in [-0.2, 0) is 9.47 Å². The van der Waals surface area contributed by atoms with Gasteiger partial charge in [-0.1, -0.05) is 13.3 Å². The number of hydrogen-bond donors (Lipinski definition) is 3. The molecule has 6 nitrogen and oxygen atoms in total. The van der Waals surface area contributed by atoms with E-state index in [2.05, 4.69) is 24.5 Å². The van der Waals surface area contributed by atoms with Crippen molar-refractivity contribution in [1.29, 1.82) is 0 Å². The molecule has 1 aliphatic rings. The maximum absolute atomic E-state index is 9.17. The van der Waals surface area contributed by atoms with Crippen molar-refractivity contribution in [3.05, 3.63) is 0 Å². The number of aliphatic hydroxyl groups is 1. The molecule has 7 heteroatoms. The number of hydrogen-bond acceptors (Lipinski definition) is 4. The van der Waals surface area contributed by atoms with Crippen molar-refractivity contribution in [3.8, 4) is 0 Å². The Balaban J connectivity index is 0.00000529. The van der Waals surface area contributed by atoms with Crippen LogP contribution >= 0.6 is 24.0 Å². The van der Waals surface area contributed by atoms with E-state index >= 15 is 0 Å². The summed E-state index contributed by atoms with van der Waals surface area (Å²) in [4.78, 5) is 4.72. The number of ether oxygens (including phenoxy) is 2. The maximum Gasteiger partial charge on any atom is 0.191 e. The van der Waals surface area contributed by atoms with E-state index in [-0.39, 0.29) is 36.2 Å². The summed E-state index contributed by atoms with van der Waals surface area (Å²) >= 11 is 0. The van der Waals surface area contributed by atoms with Crippen molar-refractivity contribution in [2.24, 2.45) is 10.9 Å². The normalized spacial score (nSPS) is 18.6. The topological polar surface area (TPSA) is 75.1 Å². The van der Waals surface area contributed by atoms with Crippen LogP contribution in [0.25, 0.3) is 0 Å². The molecule has 1 fully saturated rings. The maximum atomic E-state index is 9.17. The second-order valence-electron chi connectivity index (χ2n) is 6.24. The fourth-order valence-corrected chi connectivity index (χ4v) is 2.92. The minimum Gasteiger partial charge on any atom is -0.396 e. The fourth-order valence-electron chi connectivity index (χ4n) is 2.92. The monoisotopic (exact) mass is 457 g/mol. The van der Waals surface area contributed by atoms with Gasteiger partial charge in [0.1, 0.15) is 0 Å². The van der Waals surface area contributed by atoms with Crippen molar-refractivity contribution in [2.45, 2.75) is 51.6 Å². The number of aliphatic hydroxyl groups excluding tert-OH is 1. The highest BCUT2D eigenvalue weighted by atomic mass is 127. The van der Waals surface area contributed by atoms with Gasteiger partial charge >= 0.3 is 0 Å². The molecular formula is C17H36IN3O3. The zero-order chi connectivity index (χ0) is 17.0. The summed E-state index contributed by atoms with van der Waals surface area (Å²) in [5.74, 6) is 1.31. The summed E-state index contributed by atoms with van der Waals surface area (Å²) in [5, 5.41) is 15.9. The Labute approximate surface area is 164 Å². The molecule has 0 aromatic carbocycles. The van der Waals surface area contributed by atoms with Crippen LogP contribution in [-0.4, -0.2) is 63.2 Å². The second kappa shape index (κ2) is 14.1. The third kappa shape index (κ3) is 8.82. The molecule has 3 N–H and O–H groups in total. The molecule has 0 spiro atoms. The molecule has 1 atom stereocenters. The first kappa shape index (κ1) is 23.9. The van der Waals surface area contributed by atoms with Gasteiger partial charge in [0.25, 0.3) is 0 Å². The highest BCUT2D eigenvalue weighted by Gasteiger charge is 2.32. The first-order valence-corrected chi connectivity index (χ1v) is 8.95. The number of nitrogens with zero attached hydrogens (tertiary/aromatic N) is 1. The van der Waals surface area contributed by atoms with E-state index in [4.69, 9.17) is 19.6 Å². The first-order valence-electron chi connectivity index (χ1n) is 8.95. The molecule has 0 saturated carbocycles. The van der Waals surface area contributed by atoms with Gasteiger partial charge in [-0.25, -0.2) is 0 Å². The Morgan fingerprint density at radius 1 is 1.25 bits per heavy atom. The predicted molar refractivity (Wildman–Crippen MR) is 109 cm³/mol. The molecule has 1 saturated heterocycles. The lowest BCUT2D eigenvalue weighted by Gasteiger charge is -2.34. The average molecular weight is 457 g/mol. The van der Waals surface area contributed by atoms with Crippen molar-refractivity contribution >= 4 is 29.9 Å². The molecule has 1 unspecified atom stereocenters. The Hall–Kier alpha value is -0.120. The Bertz CT molecular complexity index is 331. The molecule has 24 heavy (non-hydrogen) atoms. The lowest BCUT2D eigenvalue weighted by Crippen LogP contribution is -2.44. The minimum absolute atomic E-state index is 0. The second-order valence-corrected chi connectivity index (χ2v) is 6.24. The van der Waals surface area contributed by atoms with Crippen LogP contribution in [0.5, 0.6) is 0 Å². The van der Waals surface area contributed by atoms with Crippen molar-refractivity contribution in [2.75, 3.05) is 46.6 Å². The number of nitrogens with one attached hydrogen (secondary N) is 2.